The van der Waals surface area contributed by atoms with Crippen LogP contribution in [0.15, 0.2) is 60.3 Å². The van der Waals surface area contributed by atoms with Crippen molar-refractivity contribution >= 4 is 40.6 Å². The Bertz CT molecular complexity index is 771. The Labute approximate surface area is 150 Å². The lowest BCUT2D eigenvalue weighted by Gasteiger charge is -2.09. The van der Waals surface area contributed by atoms with Crippen molar-refractivity contribution < 1.29 is 9.59 Å². The standard InChI is InChI=1S/C18H16Cl2N2O2/c1-2-21-18(24)15(11-22-13-9-7-12(19)8-10-13)17(23)14-5-3-4-6-16(14)20/h3-11,22H,2H2,1H3,(H,21,24)/b15-11-. The highest BCUT2D eigenvalue weighted by Gasteiger charge is 2.21. The van der Waals surface area contributed by atoms with Crippen LogP contribution >= 0.6 is 23.2 Å². The van der Waals surface area contributed by atoms with Gasteiger partial charge in [0.25, 0.3) is 5.91 Å². The van der Waals surface area contributed by atoms with E-state index in [1.54, 1.807) is 55.5 Å². The van der Waals surface area contributed by atoms with Crippen molar-refractivity contribution in [3.63, 3.8) is 0 Å². The maximum atomic E-state index is 12.7. The van der Waals surface area contributed by atoms with Crippen molar-refractivity contribution in [1.82, 2.24) is 5.32 Å². The van der Waals surface area contributed by atoms with Gasteiger partial charge in [-0.3, -0.25) is 9.59 Å². The average molecular weight is 363 g/mol. The van der Waals surface area contributed by atoms with Gasteiger partial charge >= 0.3 is 0 Å². The van der Waals surface area contributed by atoms with Crippen LogP contribution in [0.4, 0.5) is 5.69 Å². The fraction of sp³-hybridized carbons (Fsp3) is 0.111. The summed E-state index contributed by atoms with van der Waals surface area (Å²) in [6, 6.07) is 13.5. The zero-order valence-electron chi connectivity index (χ0n) is 13.0. The van der Waals surface area contributed by atoms with E-state index < -0.39 is 11.7 Å². The summed E-state index contributed by atoms with van der Waals surface area (Å²) in [5.74, 6) is -0.920. The second-order valence-corrected chi connectivity index (χ2v) is 5.72. The van der Waals surface area contributed by atoms with E-state index in [1.165, 1.54) is 6.20 Å². The van der Waals surface area contributed by atoms with Crippen molar-refractivity contribution in [2.45, 2.75) is 6.92 Å². The molecule has 0 atom stereocenters. The second kappa shape index (κ2) is 8.52. The van der Waals surface area contributed by atoms with E-state index in [-0.39, 0.29) is 11.1 Å². The molecule has 2 N–H and O–H groups in total. The predicted molar refractivity (Wildman–Crippen MR) is 97.6 cm³/mol. The molecule has 0 saturated carbocycles. The molecular formula is C18H16Cl2N2O2. The molecule has 0 saturated heterocycles. The zero-order chi connectivity index (χ0) is 17.5. The number of hydrogen-bond donors (Lipinski definition) is 2. The molecule has 0 aliphatic rings. The summed E-state index contributed by atoms with van der Waals surface area (Å²) in [4.78, 5) is 24.9. The van der Waals surface area contributed by atoms with Crippen LogP contribution in [0.2, 0.25) is 10.0 Å². The van der Waals surface area contributed by atoms with Gasteiger partial charge in [-0.2, -0.15) is 0 Å². The normalized spacial score (nSPS) is 11.0. The first kappa shape index (κ1) is 18.0. The Hall–Kier alpha value is -2.30. The molecular weight excluding hydrogens is 347 g/mol. The summed E-state index contributed by atoms with van der Waals surface area (Å²) >= 11 is 11.9. The third-order valence-corrected chi connectivity index (χ3v) is 3.75. The van der Waals surface area contributed by atoms with Crippen LogP contribution < -0.4 is 10.6 Å². The topological polar surface area (TPSA) is 58.2 Å². The number of halogens is 2. The summed E-state index contributed by atoms with van der Waals surface area (Å²) in [7, 11) is 0. The average Bonchev–Trinajstić information content (AvgIpc) is 2.57. The van der Waals surface area contributed by atoms with Gasteiger partial charge < -0.3 is 10.6 Å². The molecule has 2 aromatic rings. The Morgan fingerprint density at radius 3 is 2.33 bits per heavy atom. The Balaban J connectivity index is 2.32. The molecule has 0 aliphatic carbocycles. The van der Waals surface area contributed by atoms with E-state index in [4.69, 9.17) is 23.2 Å². The van der Waals surface area contributed by atoms with E-state index in [9.17, 15) is 9.59 Å². The molecule has 0 unspecified atom stereocenters. The monoisotopic (exact) mass is 362 g/mol. The number of Topliss-reactive ketones (excluding diaryl/α,β-unsaturated/α-hetero) is 1. The molecule has 0 radical (unpaired) electrons. The lowest BCUT2D eigenvalue weighted by Crippen LogP contribution is -2.29. The molecule has 0 fully saturated rings. The van der Waals surface area contributed by atoms with Gasteiger partial charge in [0.2, 0.25) is 5.78 Å². The van der Waals surface area contributed by atoms with Crippen molar-refractivity contribution in [1.29, 1.82) is 0 Å². The van der Waals surface area contributed by atoms with Crippen LogP contribution in [0.5, 0.6) is 0 Å². The van der Waals surface area contributed by atoms with Gasteiger partial charge in [-0.25, -0.2) is 0 Å². The lowest BCUT2D eigenvalue weighted by atomic mass is 10.0. The number of hydrogen-bond acceptors (Lipinski definition) is 3. The lowest BCUT2D eigenvalue weighted by molar-refractivity contribution is -0.117. The number of anilines is 1. The fourth-order valence-corrected chi connectivity index (χ4v) is 2.33. The largest absolute Gasteiger partial charge is 0.361 e. The van der Waals surface area contributed by atoms with E-state index in [1.807, 2.05) is 0 Å². The summed E-state index contributed by atoms with van der Waals surface area (Å²) < 4.78 is 0. The fourth-order valence-electron chi connectivity index (χ4n) is 1.98. The number of benzene rings is 2. The van der Waals surface area contributed by atoms with E-state index in [0.717, 1.165) is 0 Å². The van der Waals surface area contributed by atoms with Crippen LogP contribution in [0.3, 0.4) is 0 Å². The zero-order valence-corrected chi connectivity index (χ0v) is 14.5. The summed E-state index contributed by atoms with van der Waals surface area (Å²) in [6.07, 6.45) is 1.37. The summed E-state index contributed by atoms with van der Waals surface area (Å²) in [5, 5.41) is 6.46. The van der Waals surface area contributed by atoms with E-state index >= 15 is 0 Å². The number of nitrogens with one attached hydrogen (secondary N) is 2. The molecule has 24 heavy (non-hydrogen) atoms. The molecule has 0 aliphatic heterocycles. The highest BCUT2D eigenvalue weighted by Crippen LogP contribution is 2.20. The number of likely N-dealkylation sites (N-methyl/N-ethyl adjacent to an activating group) is 1. The van der Waals surface area contributed by atoms with E-state index in [0.29, 0.717) is 22.3 Å². The summed E-state index contributed by atoms with van der Waals surface area (Å²) in [6.45, 7) is 2.19. The van der Waals surface area contributed by atoms with Crippen molar-refractivity contribution in [3.8, 4) is 0 Å². The first-order valence-electron chi connectivity index (χ1n) is 7.32. The maximum Gasteiger partial charge on any atom is 0.256 e. The Kier molecular flexibility index (Phi) is 6.41. The minimum atomic E-state index is -0.469. The third-order valence-electron chi connectivity index (χ3n) is 3.17. The molecule has 2 rings (SSSR count). The van der Waals surface area contributed by atoms with Gasteiger partial charge in [-0.05, 0) is 43.3 Å². The molecule has 0 heterocycles. The molecule has 2 aromatic carbocycles. The van der Waals surface area contributed by atoms with Crippen molar-refractivity contribution in [3.05, 3.63) is 75.9 Å². The minimum absolute atomic E-state index is 0.0279. The first-order chi connectivity index (χ1) is 11.5. The van der Waals surface area contributed by atoms with Crippen LogP contribution in [0.25, 0.3) is 0 Å². The van der Waals surface area contributed by atoms with Crippen LogP contribution in [0, 0.1) is 0 Å². The molecule has 0 bridgehead atoms. The number of rotatable bonds is 6. The minimum Gasteiger partial charge on any atom is -0.361 e. The smallest absolute Gasteiger partial charge is 0.256 e. The predicted octanol–water partition coefficient (Wildman–Crippen LogP) is 4.31. The number of amides is 1. The van der Waals surface area contributed by atoms with Crippen LogP contribution in [-0.2, 0) is 4.79 Å². The number of ketones is 1. The van der Waals surface area contributed by atoms with Crippen molar-refractivity contribution in [2.75, 3.05) is 11.9 Å². The molecule has 4 nitrogen and oxygen atoms in total. The Morgan fingerprint density at radius 1 is 1.04 bits per heavy atom. The first-order valence-corrected chi connectivity index (χ1v) is 8.08. The second-order valence-electron chi connectivity index (χ2n) is 4.88. The Morgan fingerprint density at radius 2 is 1.71 bits per heavy atom. The van der Waals surface area contributed by atoms with Gasteiger partial charge in [0, 0.05) is 29.0 Å². The molecule has 6 heteroatoms. The van der Waals surface area contributed by atoms with Gasteiger partial charge in [0.05, 0.1) is 5.02 Å². The molecule has 124 valence electrons. The molecule has 1 amide bonds. The third kappa shape index (κ3) is 4.60. The van der Waals surface area contributed by atoms with Gasteiger partial charge in [-0.1, -0.05) is 35.3 Å². The number of carbonyl (C=O) groups is 2. The van der Waals surface area contributed by atoms with Gasteiger partial charge in [0.1, 0.15) is 5.57 Å². The van der Waals surface area contributed by atoms with Gasteiger partial charge in [0.15, 0.2) is 0 Å². The molecule has 0 aromatic heterocycles. The molecule has 0 spiro atoms. The van der Waals surface area contributed by atoms with E-state index in [2.05, 4.69) is 10.6 Å². The quantitative estimate of drug-likeness (QED) is 0.348. The van der Waals surface area contributed by atoms with Crippen LogP contribution in [-0.4, -0.2) is 18.2 Å². The highest BCUT2D eigenvalue weighted by atomic mass is 35.5. The van der Waals surface area contributed by atoms with Gasteiger partial charge in [-0.15, -0.1) is 0 Å². The maximum absolute atomic E-state index is 12.7. The van der Waals surface area contributed by atoms with Crippen molar-refractivity contribution in [2.24, 2.45) is 0 Å². The SMILES string of the molecule is CCNC(=O)/C(=C\Nc1ccc(Cl)cc1)C(=O)c1ccccc1Cl. The highest BCUT2D eigenvalue weighted by molar-refractivity contribution is 6.37. The number of carbonyl (C=O) groups excluding carboxylic acids is 2. The van der Waals surface area contributed by atoms with Crippen LogP contribution in [0.1, 0.15) is 17.3 Å². The summed E-state index contributed by atoms with van der Waals surface area (Å²) in [5.41, 5.74) is 0.947.